The Bertz CT molecular complexity index is 148. The summed E-state index contributed by atoms with van der Waals surface area (Å²) in [7, 11) is 1.76. The molecule has 0 fully saturated rings. The highest BCUT2D eigenvalue weighted by molar-refractivity contribution is 6.65. The molecule has 0 saturated heterocycles. The monoisotopic (exact) mass is 221 g/mol. The number of nitrogens with two attached hydrogens (primary N) is 2. The van der Waals surface area contributed by atoms with Gasteiger partial charge in [0.25, 0.3) is 0 Å². The number of unbranched alkanes of at least 4 members (excludes halogenated alkanes) is 1. The lowest BCUT2D eigenvalue weighted by molar-refractivity contribution is 0.248. The zero-order valence-electron chi connectivity index (χ0n) is 9.59. The zero-order chi connectivity index (χ0) is 11.6. The summed E-state index contributed by atoms with van der Waals surface area (Å²) < 4.78 is 10.6. The molecule has 0 atom stereocenters. The smallest absolute Gasteiger partial charge is 0.334 e. The Morgan fingerprint density at radius 3 is 1.86 bits per heavy atom. The van der Waals surface area contributed by atoms with Crippen molar-refractivity contribution in [2.24, 2.45) is 11.5 Å². The van der Waals surface area contributed by atoms with E-state index in [0.29, 0.717) is 0 Å². The van der Waals surface area contributed by atoms with Gasteiger partial charge in [-0.05, 0) is 12.6 Å². The van der Waals surface area contributed by atoms with Crippen molar-refractivity contribution < 1.29 is 8.85 Å². The first kappa shape index (κ1) is 15.9. The van der Waals surface area contributed by atoms with Gasteiger partial charge in [-0.2, -0.15) is 0 Å². The van der Waals surface area contributed by atoms with Crippen LogP contribution in [0.3, 0.4) is 0 Å². The summed E-state index contributed by atoms with van der Waals surface area (Å²) in [4.78, 5) is 0. The van der Waals surface area contributed by atoms with Gasteiger partial charge in [-0.25, -0.2) is 0 Å². The van der Waals surface area contributed by atoms with Gasteiger partial charge in [0, 0.05) is 14.2 Å². The molecule has 0 unspecified atom stereocenters. The maximum Gasteiger partial charge on any atom is 0.334 e. The number of hydrogen-bond acceptors (Lipinski definition) is 3. The van der Waals surface area contributed by atoms with Crippen molar-refractivity contribution in [3.05, 3.63) is 0 Å². The second-order valence-electron chi connectivity index (χ2n) is 3.10. The fraction of sp³-hybridized carbons (Fsp3) is 0.875. The van der Waals surface area contributed by atoms with Crippen LogP contribution in [0.25, 0.3) is 0 Å². The minimum absolute atomic E-state index is 0.333. The van der Waals surface area contributed by atoms with Gasteiger partial charge in [0.2, 0.25) is 0 Å². The molecule has 0 spiro atoms. The van der Waals surface area contributed by atoms with Gasteiger partial charge in [0.1, 0.15) is 0 Å². The van der Waals surface area contributed by atoms with Gasteiger partial charge in [-0.15, -0.1) is 0 Å². The Morgan fingerprint density at radius 1 is 1.29 bits per heavy atom. The summed E-state index contributed by atoms with van der Waals surface area (Å²) in [6.07, 6.45) is 2.43. The molecule has 0 aliphatic carbocycles. The predicted molar refractivity (Wildman–Crippen MR) is 61.5 cm³/mol. The first-order valence-electron chi connectivity index (χ1n) is 4.61. The number of nitrogens with one attached hydrogen (secondary N) is 1. The molecule has 0 rings (SSSR count). The van der Waals surface area contributed by atoms with Crippen molar-refractivity contribution in [1.29, 1.82) is 5.41 Å². The van der Waals surface area contributed by atoms with Crippen LogP contribution in [0.4, 0.5) is 0 Å². The zero-order valence-corrected chi connectivity index (χ0v) is 10.6. The molecule has 0 aromatic rings. The SMILES string of the molecule is CCCC[Si](C)(OC)OC.N=C(N)N. The summed E-state index contributed by atoms with van der Waals surface area (Å²) in [5.41, 5.74) is 8.94. The van der Waals surface area contributed by atoms with Crippen LogP contribution in [0.1, 0.15) is 19.8 Å². The Kier molecular flexibility index (Phi) is 10.2. The number of guanidine groups is 1. The van der Waals surface area contributed by atoms with Crippen LogP contribution in [0.2, 0.25) is 12.6 Å². The summed E-state index contributed by atoms with van der Waals surface area (Å²) in [5.74, 6) is -0.333. The van der Waals surface area contributed by atoms with E-state index in [1.807, 2.05) is 0 Å². The third-order valence-corrected chi connectivity index (χ3v) is 4.84. The van der Waals surface area contributed by atoms with Crippen molar-refractivity contribution >= 4 is 14.5 Å². The highest BCUT2D eigenvalue weighted by Crippen LogP contribution is 2.14. The molecular formula is C8H23N3O2Si. The fourth-order valence-electron chi connectivity index (χ4n) is 0.785. The van der Waals surface area contributed by atoms with Crippen molar-refractivity contribution in [3.8, 4) is 0 Å². The summed E-state index contributed by atoms with van der Waals surface area (Å²) >= 11 is 0. The maximum absolute atomic E-state index is 6.06. The third kappa shape index (κ3) is 11.4. The second-order valence-corrected chi connectivity index (χ2v) is 6.69. The van der Waals surface area contributed by atoms with Crippen LogP contribution in [0, 0.1) is 5.41 Å². The van der Waals surface area contributed by atoms with E-state index < -0.39 is 8.56 Å². The molecule has 5 nitrogen and oxygen atoms in total. The van der Waals surface area contributed by atoms with E-state index in [-0.39, 0.29) is 5.96 Å². The first-order valence-corrected chi connectivity index (χ1v) is 7.14. The largest absolute Gasteiger partial charge is 0.398 e. The molecular weight excluding hydrogens is 198 g/mol. The van der Waals surface area contributed by atoms with Crippen molar-refractivity contribution in [1.82, 2.24) is 0 Å². The second kappa shape index (κ2) is 8.98. The third-order valence-electron chi connectivity index (χ3n) is 1.85. The molecule has 0 radical (unpaired) electrons. The highest BCUT2D eigenvalue weighted by atomic mass is 28.4. The normalized spacial score (nSPS) is 10.3. The Hall–Kier alpha value is -0.593. The molecule has 0 aliphatic heterocycles. The van der Waals surface area contributed by atoms with E-state index in [4.69, 9.17) is 14.3 Å². The fourth-order valence-corrected chi connectivity index (χ4v) is 2.36. The maximum atomic E-state index is 6.06. The topological polar surface area (TPSA) is 94.3 Å². The van der Waals surface area contributed by atoms with Gasteiger partial charge in [-0.3, -0.25) is 5.41 Å². The van der Waals surface area contributed by atoms with Crippen LogP contribution in [-0.2, 0) is 8.85 Å². The van der Waals surface area contributed by atoms with E-state index in [1.54, 1.807) is 14.2 Å². The van der Waals surface area contributed by atoms with Crippen LogP contribution in [-0.4, -0.2) is 28.7 Å². The minimum Gasteiger partial charge on any atom is -0.398 e. The van der Waals surface area contributed by atoms with Gasteiger partial charge in [0.15, 0.2) is 5.96 Å². The summed E-state index contributed by atoms with van der Waals surface area (Å²) in [5, 5.41) is 6.06. The van der Waals surface area contributed by atoms with Crippen molar-refractivity contribution in [2.75, 3.05) is 14.2 Å². The predicted octanol–water partition coefficient (Wildman–Crippen LogP) is 0.990. The standard InChI is InChI=1S/C7H18O2Si.CH5N3/c1-5-6-7-10(4,8-2)9-3;2-1(3)4/h5-7H2,1-4H3;(H5,2,3,4). The van der Waals surface area contributed by atoms with Gasteiger partial charge in [0.05, 0.1) is 0 Å². The van der Waals surface area contributed by atoms with Crippen molar-refractivity contribution in [2.45, 2.75) is 32.4 Å². The molecule has 0 aromatic carbocycles. The van der Waals surface area contributed by atoms with Crippen LogP contribution in [0.15, 0.2) is 0 Å². The van der Waals surface area contributed by atoms with Gasteiger partial charge >= 0.3 is 8.56 Å². The van der Waals surface area contributed by atoms with E-state index in [0.717, 1.165) is 6.04 Å². The molecule has 0 saturated carbocycles. The van der Waals surface area contributed by atoms with Crippen LogP contribution in [0.5, 0.6) is 0 Å². The first-order chi connectivity index (χ1) is 6.41. The van der Waals surface area contributed by atoms with Gasteiger partial charge < -0.3 is 20.3 Å². The summed E-state index contributed by atoms with van der Waals surface area (Å²) in [6, 6.07) is 1.11. The average molecular weight is 221 g/mol. The lowest BCUT2D eigenvalue weighted by atomic mass is 10.4. The highest BCUT2D eigenvalue weighted by Gasteiger charge is 2.27. The molecule has 0 bridgehead atoms. The molecule has 5 N–H and O–H groups in total. The Balaban J connectivity index is 0. The number of hydrogen-bond donors (Lipinski definition) is 3. The lowest BCUT2D eigenvalue weighted by Gasteiger charge is -2.21. The molecule has 0 aromatic heterocycles. The van der Waals surface area contributed by atoms with E-state index >= 15 is 0 Å². The Labute approximate surface area is 87.5 Å². The molecule has 0 heterocycles. The molecule has 14 heavy (non-hydrogen) atoms. The van der Waals surface area contributed by atoms with Gasteiger partial charge in [-0.1, -0.05) is 19.8 Å². The van der Waals surface area contributed by atoms with Crippen LogP contribution < -0.4 is 11.5 Å². The van der Waals surface area contributed by atoms with E-state index in [1.165, 1.54) is 12.8 Å². The van der Waals surface area contributed by atoms with E-state index in [9.17, 15) is 0 Å². The van der Waals surface area contributed by atoms with E-state index in [2.05, 4.69) is 24.9 Å². The average Bonchev–Trinajstić information content (AvgIpc) is 2.13. The minimum atomic E-state index is -1.72. The van der Waals surface area contributed by atoms with Crippen molar-refractivity contribution in [3.63, 3.8) is 0 Å². The van der Waals surface area contributed by atoms with Crippen LogP contribution >= 0.6 is 0 Å². The molecule has 86 valence electrons. The Morgan fingerprint density at radius 2 is 1.64 bits per heavy atom. The lowest BCUT2D eigenvalue weighted by Crippen LogP contribution is -2.35. The quantitative estimate of drug-likeness (QED) is 0.366. The summed E-state index contributed by atoms with van der Waals surface area (Å²) in [6.45, 7) is 4.28. The number of rotatable bonds is 5. The molecule has 0 amide bonds. The molecule has 0 aliphatic rings. The molecule has 6 heteroatoms.